The molecule has 4 rings (SSSR count). The van der Waals surface area contributed by atoms with Crippen molar-refractivity contribution in [2.75, 3.05) is 6.54 Å². The molecule has 0 radical (unpaired) electrons. The molecule has 1 heterocycles. The number of nitrogens with zero attached hydrogens (tertiary/aromatic N) is 1. The van der Waals surface area contributed by atoms with Crippen molar-refractivity contribution in [2.45, 2.75) is 39.7 Å². The van der Waals surface area contributed by atoms with Crippen LogP contribution in [0.3, 0.4) is 0 Å². The predicted octanol–water partition coefficient (Wildman–Crippen LogP) is 5.24. The van der Waals surface area contributed by atoms with Crippen LogP contribution < -0.4 is 5.32 Å². The third-order valence-electron chi connectivity index (χ3n) is 5.70. The van der Waals surface area contributed by atoms with Gasteiger partial charge in [-0.1, -0.05) is 60.2 Å². The number of amides is 1. The van der Waals surface area contributed by atoms with Gasteiger partial charge >= 0.3 is 0 Å². The average molecular weight is 385 g/mol. The Morgan fingerprint density at radius 3 is 2.79 bits per heavy atom. The molecule has 0 saturated heterocycles. The first-order valence-corrected chi connectivity index (χ1v) is 10.3. The monoisotopic (exact) mass is 384 g/mol. The Balaban J connectivity index is 1.48. The fourth-order valence-electron chi connectivity index (χ4n) is 3.98. The Labute approximate surface area is 172 Å². The molecule has 0 atom stereocenters. The number of rotatable bonds is 7. The summed E-state index contributed by atoms with van der Waals surface area (Å²) in [6.45, 7) is 5.81. The fourth-order valence-corrected chi connectivity index (χ4v) is 3.98. The van der Waals surface area contributed by atoms with Crippen molar-refractivity contribution >= 4 is 16.8 Å². The second-order valence-electron chi connectivity index (χ2n) is 7.96. The standard InChI is InChI=1S/C26H28N2O/c1-19-11-12-20(2)23(15-19)18-28-17-22(24-9-5-6-10-25(24)28)13-14-26(29)27-16-21-7-3-4-8-21/h3-7,9-12,15,17H,8,13-14,16,18H2,1-2H3,(H,27,29). The van der Waals surface area contributed by atoms with E-state index in [-0.39, 0.29) is 5.91 Å². The van der Waals surface area contributed by atoms with Crippen LogP contribution in [0.5, 0.6) is 0 Å². The lowest BCUT2D eigenvalue weighted by Gasteiger charge is -2.10. The fraction of sp³-hybridized carbons (Fsp3) is 0.269. The first-order chi connectivity index (χ1) is 14.1. The van der Waals surface area contributed by atoms with Crippen molar-refractivity contribution in [2.24, 2.45) is 0 Å². The van der Waals surface area contributed by atoms with E-state index < -0.39 is 0 Å². The van der Waals surface area contributed by atoms with Crippen molar-refractivity contribution in [3.05, 3.63) is 94.7 Å². The van der Waals surface area contributed by atoms with Crippen LogP contribution in [0.4, 0.5) is 0 Å². The zero-order valence-electron chi connectivity index (χ0n) is 17.2. The zero-order chi connectivity index (χ0) is 20.2. The van der Waals surface area contributed by atoms with Gasteiger partial charge in [0.05, 0.1) is 0 Å². The molecule has 0 fully saturated rings. The van der Waals surface area contributed by atoms with E-state index in [9.17, 15) is 4.79 Å². The van der Waals surface area contributed by atoms with E-state index in [0.29, 0.717) is 13.0 Å². The van der Waals surface area contributed by atoms with Crippen molar-refractivity contribution in [1.82, 2.24) is 9.88 Å². The van der Waals surface area contributed by atoms with Crippen molar-refractivity contribution in [1.29, 1.82) is 0 Å². The van der Waals surface area contributed by atoms with Gasteiger partial charge in [0, 0.05) is 36.6 Å². The molecule has 1 amide bonds. The first-order valence-electron chi connectivity index (χ1n) is 10.3. The first kappa shape index (κ1) is 19.3. The van der Waals surface area contributed by atoms with Gasteiger partial charge in [-0.25, -0.2) is 0 Å². The lowest BCUT2D eigenvalue weighted by Crippen LogP contribution is -2.25. The molecule has 0 saturated carbocycles. The Kier molecular flexibility index (Phi) is 5.66. The summed E-state index contributed by atoms with van der Waals surface area (Å²) < 4.78 is 2.32. The Hall–Kier alpha value is -3.07. The number of allylic oxidation sites excluding steroid dienone is 3. The number of aryl methyl sites for hydroxylation is 3. The molecule has 3 nitrogen and oxygen atoms in total. The highest BCUT2D eigenvalue weighted by molar-refractivity contribution is 5.85. The summed E-state index contributed by atoms with van der Waals surface area (Å²) in [4.78, 5) is 12.3. The summed E-state index contributed by atoms with van der Waals surface area (Å²) in [5.74, 6) is 0.115. The molecule has 3 heteroatoms. The lowest BCUT2D eigenvalue weighted by atomic mass is 10.1. The summed E-state index contributed by atoms with van der Waals surface area (Å²) in [7, 11) is 0. The number of benzene rings is 2. The van der Waals surface area contributed by atoms with Gasteiger partial charge in [0.15, 0.2) is 0 Å². The van der Waals surface area contributed by atoms with Crippen molar-refractivity contribution < 1.29 is 4.79 Å². The van der Waals surface area contributed by atoms with E-state index in [2.05, 4.69) is 84.5 Å². The number of aromatic nitrogens is 1. The van der Waals surface area contributed by atoms with Crippen LogP contribution in [0.25, 0.3) is 10.9 Å². The number of nitrogens with one attached hydrogen (secondary N) is 1. The number of hydrogen-bond donors (Lipinski definition) is 1. The molecular formula is C26H28N2O. The summed E-state index contributed by atoms with van der Waals surface area (Å²) in [6, 6.07) is 15.1. The molecule has 3 aromatic rings. The molecular weight excluding hydrogens is 356 g/mol. The van der Waals surface area contributed by atoms with Crippen LogP contribution >= 0.6 is 0 Å². The van der Waals surface area contributed by atoms with Crippen LogP contribution in [-0.4, -0.2) is 17.0 Å². The second-order valence-corrected chi connectivity index (χ2v) is 7.96. The van der Waals surface area contributed by atoms with E-state index in [1.54, 1.807) is 0 Å². The highest BCUT2D eigenvalue weighted by atomic mass is 16.1. The lowest BCUT2D eigenvalue weighted by molar-refractivity contribution is -0.120. The minimum Gasteiger partial charge on any atom is -0.352 e. The van der Waals surface area contributed by atoms with Crippen molar-refractivity contribution in [3.63, 3.8) is 0 Å². The van der Waals surface area contributed by atoms with Crippen LogP contribution in [0.1, 0.15) is 35.1 Å². The Morgan fingerprint density at radius 2 is 1.97 bits per heavy atom. The molecule has 1 aliphatic carbocycles. The molecule has 0 aliphatic heterocycles. The summed E-state index contributed by atoms with van der Waals surface area (Å²) in [6.07, 6.45) is 10.7. The van der Waals surface area contributed by atoms with Gasteiger partial charge in [-0.05, 0) is 55.0 Å². The summed E-state index contributed by atoms with van der Waals surface area (Å²) >= 11 is 0. The number of carbonyl (C=O) groups is 1. The van der Waals surface area contributed by atoms with Crippen LogP contribution in [0.15, 0.2) is 72.5 Å². The number of hydrogen-bond acceptors (Lipinski definition) is 1. The van der Waals surface area contributed by atoms with E-state index in [4.69, 9.17) is 0 Å². The van der Waals surface area contributed by atoms with Gasteiger partial charge in [-0.2, -0.15) is 0 Å². The highest BCUT2D eigenvalue weighted by Crippen LogP contribution is 2.24. The molecule has 148 valence electrons. The van der Waals surface area contributed by atoms with Crippen molar-refractivity contribution in [3.8, 4) is 0 Å². The SMILES string of the molecule is Cc1ccc(C)c(Cn2cc(CCC(=O)NCC3=CC=CC3)c3ccccc32)c1. The Morgan fingerprint density at radius 1 is 1.10 bits per heavy atom. The highest BCUT2D eigenvalue weighted by Gasteiger charge is 2.12. The van der Waals surface area contributed by atoms with E-state index >= 15 is 0 Å². The van der Waals surface area contributed by atoms with Gasteiger partial charge in [0.1, 0.15) is 0 Å². The van der Waals surface area contributed by atoms with Gasteiger partial charge in [0.2, 0.25) is 5.91 Å². The molecule has 29 heavy (non-hydrogen) atoms. The average Bonchev–Trinajstić information content (AvgIpc) is 3.36. The molecule has 1 N–H and O–H groups in total. The number of fused-ring (bicyclic) bond motifs is 1. The third-order valence-corrected chi connectivity index (χ3v) is 5.70. The summed E-state index contributed by atoms with van der Waals surface area (Å²) in [5, 5.41) is 4.29. The third kappa shape index (κ3) is 4.51. The maximum atomic E-state index is 12.3. The maximum Gasteiger partial charge on any atom is 0.220 e. The van der Waals surface area contributed by atoms with E-state index in [0.717, 1.165) is 19.4 Å². The maximum absolute atomic E-state index is 12.3. The number of carbonyl (C=O) groups excluding carboxylic acids is 1. The molecule has 0 bridgehead atoms. The predicted molar refractivity (Wildman–Crippen MR) is 120 cm³/mol. The zero-order valence-corrected chi connectivity index (χ0v) is 17.2. The molecule has 1 aliphatic rings. The van der Waals surface area contributed by atoms with Gasteiger partial charge in [-0.3, -0.25) is 4.79 Å². The second kappa shape index (κ2) is 8.52. The van der Waals surface area contributed by atoms with E-state index in [1.165, 1.54) is 38.7 Å². The van der Waals surface area contributed by atoms with Crippen LogP contribution in [0.2, 0.25) is 0 Å². The molecule has 0 spiro atoms. The van der Waals surface area contributed by atoms with Gasteiger partial charge in [0.25, 0.3) is 0 Å². The Bertz CT molecular complexity index is 1100. The van der Waals surface area contributed by atoms with Crippen LogP contribution in [-0.2, 0) is 17.8 Å². The van der Waals surface area contributed by atoms with Gasteiger partial charge in [-0.15, -0.1) is 0 Å². The normalized spacial score (nSPS) is 13.1. The largest absolute Gasteiger partial charge is 0.352 e. The molecule has 2 aromatic carbocycles. The topological polar surface area (TPSA) is 34.0 Å². The summed E-state index contributed by atoms with van der Waals surface area (Å²) in [5.41, 5.74) is 7.67. The van der Waals surface area contributed by atoms with Crippen LogP contribution in [0, 0.1) is 13.8 Å². The number of para-hydroxylation sites is 1. The minimum atomic E-state index is 0.115. The minimum absolute atomic E-state index is 0.115. The molecule has 0 unspecified atom stereocenters. The smallest absolute Gasteiger partial charge is 0.220 e. The quantitative estimate of drug-likeness (QED) is 0.594. The van der Waals surface area contributed by atoms with E-state index in [1.807, 2.05) is 6.08 Å². The molecule has 1 aromatic heterocycles. The van der Waals surface area contributed by atoms with Gasteiger partial charge < -0.3 is 9.88 Å².